The molecule has 2 aromatic rings. The highest BCUT2D eigenvalue weighted by molar-refractivity contribution is 6.12. The largest absolute Gasteiger partial charge is 0.494 e. The molecule has 3 rings (SSSR count). The van der Waals surface area contributed by atoms with Crippen LogP contribution in [0.25, 0.3) is 6.08 Å². The second-order valence-electron chi connectivity index (χ2n) is 6.65. The summed E-state index contributed by atoms with van der Waals surface area (Å²) in [5.74, 6) is 0.247. The maximum atomic E-state index is 12.2. The summed E-state index contributed by atoms with van der Waals surface area (Å²) in [6, 6.07) is 14.9. The van der Waals surface area contributed by atoms with Crippen molar-refractivity contribution in [3.8, 4) is 5.75 Å². The van der Waals surface area contributed by atoms with E-state index in [-0.39, 0.29) is 17.6 Å². The van der Waals surface area contributed by atoms with Crippen molar-refractivity contribution in [3.63, 3.8) is 0 Å². The van der Waals surface area contributed by atoms with Crippen LogP contribution in [0.5, 0.6) is 5.75 Å². The van der Waals surface area contributed by atoms with E-state index < -0.39 is 5.97 Å². The molecule has 156 valence electrons. The van der Waals surface area contributed by atoms with Crippen molar-refractivity contribution in [3.05, 3.63) is 65.4 Å². The van der Waals surface area contributed by atoms with Gasteiger partial charge in [0.05, 0.1) is 13.2 Å². The first-order valence-electron chi connectivity index (χ1n) is 9.66. The smallest absolute Gasteiger partial charge is 0.363 e. The van der Waals surface area contributed by atoms with Gasteiger partial charge in [-0.15, -0.1) is 0 Å². The van der Waals surface area contributed by atoms with Gasteiger partial charge in [0, 0.05) is 25.2 Å². The third-order valence-electron chi connectivity index (χ3n) is 4.40. The molecule has 1 aliphatic rings. The Hall–Kier alpha value is -3.61. The Morgan fingerprint density at radius 2 is 1.83 bits per heavy atom. The van der Waals surface area contributed by atoms with Gasteiger partial charge in [-0.25, -0.2) is 9.79 Å². The van der Waals surface area contributed by atoms with Crippen LogP contribution in [0.4, 0.5) is 5.69 Å². The first-order chi connectivity index (χ1) is 14.5. The van der Waals surface area contributed by atoms with Gasteiger partial charge < -0.3 is 19.1 Å². The summed E-state index contributed by atoms with van der Waals surface area (Å²) >= 11 is 0. The van der Waals surface area contributed by atoms with Crippen LogP contribution in [0.15, 0.2) is 59.2 Å². The third kappa shape index (κ3) is 5.47. The van der Waals surface area contributed by atoms with Crippen LogP contribution in [0, 0.1) is 0 Å². The molecule has 0 saturated carbocycles. The van der Waals surface area contributed by atoms with E-state index >= 15 is 0 Å². The van der Waals surface area contributed by atoms with E-state index in [1.807, 2.05) is 55.3 Å². The summed E-state index contributed by atoms with van der Waals surface area (Å²) in [5, 5.41) is 0. The van der Waals surface area contributed by atoms with Crippen LogP contribution in [0.1, 0.15) is 25.0 Å². The van der Waals surface area contributed by atoms with Crippen molar-refractivity contribution in [1.29, 1.82) is 0 Å². The van der Waals surface area contributed by atoms with Gasteiger partial charge in [0.15, 0.2) is 5.70 Å². The fraction of sp³-hybridized carbons (Fsp3) is 0.261. The molecule has 0 bridgehead atoms. The van der Waals surface area contributed by atoms with E-state index in [0.717, 1.165) is 17.0 Å². The lowest BCUT2D eigenvalue weighted by Crippen LogP contribution is -2.23. The Kier molecular flexibility index (Phi) is 6.85. The van der Waals surface area contributed by atoms with Crippen molar-refractivity contribution in [2.24, 2.45) is 4.99 Å². The lowest BCUT2D eigenvalue weighted by Gasteiger charge is -2.19. The molecule has 1 aliphatic heterocycles. The van der Waals surface area contributed by atoms with Crippen molar-refractivity contribution in [2.45, 2.75) is 13.8 Å². The highest BCUT2D eigenvalue weighted by atomic mass is 16.6. The van der Waals surface area contributed by atoms with Crippen LogP contribution in [0.2, 0.25) is 0 Å². The van der Waals surface area contributed by atoms with E-state index in [2.05, 4.69) is 4.99 Å². The molecule has 0 amide bonds. The molecule has 0 radical (unpaired) electrons. The van der Waals surface area contributed by atoms with Gasteiger partial charge >= 0.3 is 11.9 Å². The second-order valence-corrected chi connectivity index (χ2v) is 6.65. The second kappa shape index (κ2) is 9.73. The number of hydrogen-bond donors (Lipinski definition) is 0. The SMILES string of the molecule is CCOc1ccc(C2=N/C(=C\c3ccc(N(C)CCOC(C)=O)cc3)C(=O)O2)cc1. The minimum absolute atomic E-state index is 0.245. The summed E-state index contributed by atoms with van der Waals surface area (Å²) in [7, 11) is 1.92. The number of nitrogens with zero attached hydrogens (tertiary/aromatic N) is 2. The number of likely N-dealkylation sites (N-methyl/N-ethyl adjacent to an activating group) is 1. The molecule has 7 nitrogen and oxygen atoms in total. The fourth-order valence-electron chi connectivity index (χ4n) is 2.83. The Bertz CT molecular complexity index is 962. The summed E-state index contributed by atoms with van der Waals surface area (Å²) in [4.78, 5) is 29.4. The number of carbonyl (C=O) groups is 2. The van der Waals surface area contributed by atoms with E-state index in [9.17, 15) is 9.59 Å². The molecule has 0 N–H and O–H groups in total. The Balaban J connectivity index is 1.68. The molecule has 30 heavy (non-hydrogen) atoms. The van der Waals surface area contributed by atoms with Gasteiger partial charge in [-0.2, -0.15) is 0 Å². The van der Waals surface area contributed by atoms with Crippen molar-refractivity contribution in [2.75, 3.05) is 31.7 Å². The average molecular weight is 408 g/mol. The first-order valence-corrected chi connectivity index (χ1v) is 9.66. The summed E-state index contributed by atoms with van der Waals surface area (Å²) < 4.78 is 15.7. The number of anilines is 1. The van der Waals surface area contributed by atoms with Gasteiger partial charge in [0.25, 0.3) is 0 Å². The summed E-state index contributed by atoms with van der Waals surface area (Å²) in [5.41, 5.74) is 2.75. The molecule has 1 heterocycles. The number of aliphatic imine (C=N–C) groups is 1. The monoisotopic (exact) mass is 408 g/mol. The van der Waals surface area contributed by atoms with Crippen LogP contribution in [-0.4, -0.2) is 44.6 Å². The van der Waals surface area contributed by atoms with Gasteiger partial charge in [0.1, 0.15) is 12.4 Å². The normalized spacial score (nSPS) is 14.3. The predicted molar refractivity (Wildman–Crippen MR) is 115 cm³/mol. The predicted octanol–water partition coefficient (Wildman–Crippen LogP) is 3.43. The molecule has 7 heteroatoms. The van der Waals surface area contributed by atoms with Gasteiger partial charge in [-0.05, 0) is 55.0 Å². The lowest BCUT2D eigenvalue weighted by molar-refractivity contribution is -0.140. The standard InChI is InChI=1S/C23H24N2O5/c1-4-28-20-11-7-18(8-12-20)22-24-21(23(27)30-22)15-17-5-9-19(10-6-17)25(3)13-14-29-16(2)26/h5-12,15H,4,13-14H2,1-3H3/b21-15-. The van der Waals surface area contributed by atoms with E-state index in [1.165, 1.54) is 6.92 Å². The highest BCUT2D eigenvalue weighted by Gasteiger charge is 2.24. The quantitative estimate of drug-likeness (QED) is 0.492. The molecular weight excluding hydrogens is 384 g/mol. The van der Waals surface area contributed by atoms with E-state index in [1.54, 1.807) is 18.2 Å². The zero-order chi connectivity index (χ0) is 21.5. The van der Waals surface area contributed by atoms with Gasteiger partial charge in [0.2, 0.25) is 5.90 Å². The molecule has 0 aromatic heterocycles. The fourth-order valence-corrected chi connectivity index (χ4v) is 2.83. The lowest BCUT2D eigenvalue weighted by atomic mass is 10.1. The molecule has 0 spiro atoms. The number of esters is 2. The molecule has 0 fully saturated rings. The molecule has 0 unspecified atom stereocenters. The minimum Gasteiger partial charge on any atom is -0.494 e. The Morgan fingerprint density at radius 1 is 1.13 bits per heavy atom. The van der Waals surface area contributed by atoms with Crippen LogP contribution in [-0.2, 0) is 19.1 Å². The molecular formula is C23H24N2O5. The Labute approximate surface area is 175 Å². The van der Waals surface area contributed by atoms with Crippen LogP contribution in [0.3, 0.4) is 0 Å². The van der Waals surface area contributed by atoms with Crippen molar-refractivity contribution < 1.29 is 23.8 Å². The molecule has 0 saturated heterocycles. The number of carbonyl (C=O) groups excluding carboxylic acids is 2. The molecule has 0 aliphatic carbocycles. The van der Waals surface area contributed by atoms with Crippen molar-refractivity contribution >= 4 is 29.6 Å². The number of hydrogen-bond acceptors (Lipinski definition) is 7. The van der Waals surface area contributed by atoms with Crippen LogP contribution < -0.4 is 9.64 Å². The minimum atomic E-state index is -0.485. The van der Waals surface area contributed by atoms with Gasteiger partial charge in [-0.1, -0.05) is 12.1 Å². The molecule has 0 atom stereocenters. The van der Waals surface area contributed by atoms with Crippen LogP contribution >= 0.6 is 0 Å². The van der Waals surface area contributed by atoms with Crippen molar-refractivity contribution in [1.82, 2.24) is 0 Å². The van der Waals surface area contributed by atoms with E-state index in [4.69, 9.17) is 14.2 Å². The van der Waals surface area contributed by atoms with E-state index in [0.29, 0.717) is 25.3 Å². The third-order valence-corrected chi connectivity index (χ3v) is 4.40. The number of cyclic esters (lactones) is 1. The first kappa shape index (κ1) is 21.1. The zero-order valence-electron chi connectivity index (χ0n) is 17.3. The highest BCUT2D eigenvalue weighted by Crippen LogP contribution is 2.22. The zero-order valence-corrected chi connectivity index (χ0v) is 17.3. The number of ether oxygens (including phenoxy) is 3. The summed E-state index contributed by atoms with van der Waals surface area (Å²) in [6.45, 7) is 4.80. The van der Waals surface area contributed by atoms with Gasteiger partial charge in [-0.3, -0.25) is 4.79 Å². The summed E-state index contributed by atoms with van der Waals surface area (Å²) in [6.07, 6.45) is 1.69. The number of benzene rings is 2. The maximum absolute atomic E-state index is 12.2. The topological polar surface area (TPSA) is 77.4 Å². The Morgan fingerprint density at radius 3 is 2.47 bits per heavy atom. The molecule has 2 aromatic carbocycles. The maximum Gasteiger partial charge on any atom is 0.363 e. The number of rotatable bonds is 8. The average Bonchev–Trinajstić information content (AvgIpc) is 3.09.